The van der Waals surface area contributed by atoms with Crippen LogP contribution >= 0.6 is 0 Å². The van der Waals surface area contributed by atoms with Crippen LogP contribution in [0.3, 0.4) is 0 Å². The molecule has 4 aromatic rings. The van der Waals surface area contributed by atoms with E-state index >= 15 is 0 Å². The molecular formula is C22H16F3N5O. The molecular weight excluding hydrogens is 407 g/mol. The minimum atomic E-state index is -4.64. The van der Waals surface area contributed by atoms with Crippen molar-refractivity contribution in [2.45, 2.75) is 19.7 Å². The van der Waals surface area contributed by atoms with Crippen LogP contribution in [0.5, 0.6) is 5.75 Å². The third-order valence-electron chi connectivity index (χ3n) is 4.72. The Morgan fingerprint density at radius 1 is 1.13 bits per heavy atom. The van der Waals surface area contributed by atoms with E-state index in [2.05, 4.69) is 15.0 Å². The first kappa shape index (κ1) is 20.3. The smallest absolute Gasteiger partial charge is 0.419 e. The van der Waals surface area contributed by atoms with Crippen molar-refractivity contribution >= 4 is 11.0 Å². The highest BCUT2D eigenvalue weighted by atomic mass is 19.4. The van der Waals surface area contributed by atoms with Gasteiger partial charge in [0.05, 0.1) is 28.8 Å². The number of aryl methyl sites for hydroxylation is 2. The number of aromatic nitrogens is 4. The lowest BCUT2D eigenvalue weighted by Crippen LogP contribution is -2.10. The molecule has 0 aliphatic heterocycles. The van der Waals surface area contributed by atoms with E-state index in [9.17, 15) is 18.4 Å². The maximum atomic E-state index is 13.8. The second-order valence-electron chi connectivity index (χ2n) is 6.96. The Morgan fingerprint density at radius 3 is 2.65 bits per heavy atom. The van der Waals surface area contributed by atoms with E-state index in [-0.39, 0.29) is 29.3 Å². The fourth-order valence-electron chi connectivity index (χ4n) is 3.22. The minimum absolute atomic E-state index is 0.0486. The molecule has 31 heavy (non-hydrogen) atoms. The third-order valence-corrected chi connectivity index (χ3v) is 4.72. The predicted molar refractivity (Wildman–Crippen MR) is 107 cm³/mol. The standard InChI is InChI=1S/C22H16F3N5O/c1-13-4-3-5-15(28-13)11-31-20-7-6-14(8-16(20)22(23,24)25)17-9-19-21(18(10-26)29-17)27-12-30(19)2/h3-9,12H,11H2,1-2H3. The van der Waals surface area contributed by atoms with Gasteiger partial charge in [0.2, 0.25) is 0 Å². The predicted octanol–water partition coefficient (Wildman–Crippen LogP) is 4.81. The van der Waals surface area contributed by atoms with Gasteiger partial charge in [0.15, 0.2) is 5.69 Å². The lowest BCUT2D eigenvalue weighted by Gasteiger charge is -2.15. The molecule has 3 aromatic heterocycles. The quantitative estimate of drug-likeness (QED) is 0.471. The van der Waals surface area contributed by atoms with Crippen LogP contribution in [-0.4, -0.2) is 19.5 Å². The Bertz CT molecular complexity index is 1320. The molecule has 4 rings (SSSR count). The van der Waals surface area contributed by atoms with Gasteiger partial charge in [-0.1, -0.05) is 6.07 Å². The summed E-state index contributed by atoms with van der Waals surface area (Å²) >= 11 is 0. The molecule has 6 nitrogen and oxygen atoms in total. The van der Waals surface area contributed by atoms with E-state index in [0.717, 1.165) is 11.8 Å². The van der Waals surface area contributed by atoms with Crippen LogP contribution in [0, 0.1) is 18.3 Å². The average Bonchev–Trinajstić information content (AvgIpc) is 3.12. The Hall–Kier alpha value is -3.93. The van der Waals surface area contributed by atoms with Crippen molar-refractivity contribution in [1.29, 1.82) is 5.26 Å². The van der Waals surface area contributed by atoms with E-state index in [1.165, 1.54) is 18.5 Å². The van der Waals surface area contributed by atoms with Crippen LogP contribution in [0.2, 0.25) is 0 Å². The number of hydrogen-bond acceptors (Lipinski definition) is 5. The van der Waals surface area contributed by atoms with Crippen molar-refractivity contribution in [2.24, 2.45) is 7.05 Å². The molecule has 0 radical (unpaired) electrons. The van der Waals surface area contributed by atoms with Crippen LogP contribution in [0.1, 0.15) is 22.6 Å². The number of benzene rings is 1. The SMILES string of the molecule is Cc1cccc(COc2ccc(-c3cc4c(ncn4C)c(C#N)n3)cc2C(F)(F)F)n1. The Labute approximate surface area is 175 Å². The molecule has 9 heteroatoms. The largest absolute Gasteiger partial charge is 0.487 e. The summed E-state index contributed by atoms with van der Waals surface area (Å²) in [5, 5.41) is 9.37. The minimum Gasteiger partial charge on any atom is -0.487 e. The van der Waals surface area contributed by atoms with Crippen molar-refractivity contribution in [3.63, 3.8) is 0 Å². The number of nitriles is 1. The van der Waals surface area contributed by atoms with Crippen LogP contribution in [0.25, 0.3) is 22.3 Å². The van der Waals surface area contributed by atoms with Crippen molar-refractivity contribution in [1.82, 2.24) is 19.5 Å². The Balaban J connectivity index is 1.75. The number of halogens is 3. The van der Waals surface area contributed by atoms with Crippen LogP contribution in [0.4, 0.5) is 13.2 Å². The molecule has 156 valence electrons. The molecule has 1 aromatic carbocycles. The van der Waals surface area contributed by atoms with E-state index in [0.29, 0.717) is 16.7 Å². The first-order valence-corrected chi connectivity index (χ1v) is 9.25. The zero-order valence-electron chi connectivity index (χ0n) is 16.6. The highest BCUT2D eigenvalue weighted by Crippen LogP contribution is 2.39. The molecule has 0 atom stereocenters. The molecule has 0 fully saturated rings. The summed E-state index contributed by atoms with van der Waals surface area (Å²) in [6, 6.07) is 12.5. The number of nitrogens with zero attached hydrogens (tertiary/aromatic N) is 5. The van der Waals surface area contributed by atoms with Crippen molar-refractivity contribution in [2.75, 3.05) is 0 Å². The second kappa shape index (κ2) is 7.72. The van der Waals surface area contributed by atoms with Gasteiger partial charge in [-0.2, -0.15) is 18.4 Å². The molecule has 0 aliphatic rings. The van der Waals surface area contributed by atoms with Crippen LogP contribution in [0.15, 0.2) is 48.8 Å². The molecule has 0 unspecified atom stereocenters. The highest BCUT2D eigenvalue weighted by molar-refractivity contribution is 5.84. The molecule has 0 spiro atoms. The maximum absolute atomic E-state index is 13.8. The van der Waals surface area contributed by atoms with Gasteiger partial charge in [0.25, 0.3) is 0 Å². The van der Waals surface area contributed by atoms with Crippen molar-refractivity contribution in [3.05, 3.63) is 71.4 Å². The molecule has 0 amide bonds. The zero-order chi connectivity index (χ0) is 22.2. The van der Waals surface area contributed by atoms with Crippen molar-refractivity contribution in [3.8, 4) is 23.1 Å². The zero-order valence-corrected chi connectivity index (χ0v) is 16.6. The van der Waals surface area contributed by atoms with Gasteiger partial charge in [-0.15, -0.1) is 0 Å². The first-order chi connectivity index (χ1) is 14.8. The van der Waals surface area contributed by atoms with E-state index < -0.39 is 11.7 Å². The summed E-state index contributed by atoms with van der Waals surface area (Å²) < 4.78 is 48.4. The van der Waals surface area contributed by atoms with E-state index in [1.54, 1.807) is 42.8 Å². The second-order valence-corrected chi connectivity index (χ2v) is 6.96. The topological polar surface area (TPSA) is 76.6 Å². The summed E-state index contributed by atoms with van der Waals surface area (Å²) in [4.78, 5) is 12.6. The molecule has 0 bridgehead atoms. The fourth-order valence-corrected chi connectivity index (χ4v) is 3.22. The number of rotatable bonds is 4. The number of imidazole rings is 1. The number of alkyl halides is 3. The lowest BCUT2D eigenvalue weighted by atomic mass is 10.1. The molecule has 0 saturated carbocycles. The summed E-state index contributed by atoms with van der Waals surface area (Å²) in [6.45, 7) is 1.70. The Kier molecular flexibility index (Phi) is 5.07. The summed E-state index contributed by atoms with van der Waals surface area (Å²) in [5.41, 5.74) is 1.85. The van der Waals surface area contributed by atoms with Crippen LogP contribution in [-0.2, 0) is 19.8 Å². The molecule has 0 saturated heterocycles. The summed E-state index contributed by atoms with van der Waals surface area (Å²) in [7, 11) is 1.73. The van der Waals surface area contributed by atoms with Crippen LogP contribution < -0.4 is 4.74 Å². The Morgan fingerprint density at radius 2 is 1.94 bits per heavy atom. The van der Waals surface area contributed by atoms with Gasteiger partial charge in [-0.05, 0) is 43.3 Å². The normalized spacial score (nSPS) is 11.5. The fraction of sp³-hybridized carbons (Fsp3) is 0.182. The van der Waals surface area contributed by atoms with Gasteiger partial charge < -0.3 is 9.30 Å². The van der Waals surface area contributed by atoms with Gasteiger partial charge in [0, 0.05) is 18.3 Å². The summed E-state index contributed by atoms with van der Waals surface area (Å²) in [5.74, 6) is -0.304. The van der Waals surface area contributed by atoms with Gasteiger partial charge >= 0.3 is 6.18 Å². The number of hydrogen-bond donors (Lipinski definition) is 0. The van der Waals surface area contributed by atoms with E-state index in [4.69, 9.17) is 4.74 Å². The molecule has 0 N–H and O–H groups in total. The van der Waals surface area contributed by atoms with Gasteiger partial charge in [-0.25, -0.2) is 9.97 Å². The number of ether oxygens (including phenoxy) is 1. The number of pyridine rings is 2. The van der Waals surface area contributed by atoms with E-state index in [1.807, 2.05) is 6.07 Å². The monoisotopic (exact) mass is 423 g/mol. The molecule has 0 aliphatic carbocycles. The third kappa shape index (κ3) is 4.05. The van der Waals surface area contributed by atoms with Gasteiger partial charge in [0.1, 0.15) is 23.9 Å². The van der Waals surface area contributed by atoms with Gasteiger partial charge in [-0.3, -0.25) is 4.98 Å². The summed E-state index contributed by atoms with van der Waals surface area (Å²) in [6.07, 6.45) is -3.12. The van der Waals surface area contributed by atoms with Crippen molar-refractivity contribution < 1.29 is 17.9 Å². The molecule has 3 heterocycles. The lowest BCUT2D eigenvalue weighted by molar-refractivity contribution is -0.139. The first-order valence-electron chi connectivity index (χ1n) is 9.25. The average molecular weight is 423 g/mol. The highest BCUT2D eigenvalue weighted by Gasteiger charge is 2.35. The number of fused-ring (bicyclic) bond motifs is 1. The maximum Gasteiger partial charge on any atom is 0.419 e.